The van der Waals surface area contributed by atoms with Crippen LogP contribution in [0.25, 0.3) is 0 Å². The number of carbonyl (C=O) groups excluding carboxylic acids is 3. The van der Waals surface area contributed by atoms with Gasteiger partial charge in [-0.05, 0) is 50.4 Å². The summed E-state index contributed by atoms with van der Waals surface area (Å²) in [5.41, 5.74) is 0.240. The average molecular weight is 646 g/mol. The largest absolute Gasteiger partial charge is 0.748 e. The van der Waals surface area contributed by atoms with Crippen molar-refractivity contribution in [2.75, 3.05) is 12.4 Å². The van der Waals surface area contributed by atoms with Crippen molar-refractivity contribution < 1.29 is 41.6 Å². The summed E-state index contributed by atoms with van der Waals surface area (Å²) < 4.78 is 50.0. The van der Waals surface area contributed by atoms with Gasteiger partial charge in [-0.25, -0.2) is 13.2 Å². The molecule has 1 aromatic carbocycles. The van der Waals surface area contributed by atoms with Crippen molar-refractivity contribution >= 4 is 75.8 Å². The highest BCUT2D eigenvalue weighted by Crippen LogP contribution is 2.59. The highest BCUT2D eigenvalue weighted by atomic mass is 79.9. The standard InChI is InChI=1S/C18H15Br3O9S/c19-6-3-9(13(21)10(20)4-6)16(22)29-14-7-5-8-12(18(24)30-15(8)14)11(7)17(23)28-1-2-31(25,26)27/h3-4,7-8,11-12,14-15H,1-2,5H2,(H,25,26,27)/p-1. The molecule has 168 valence electrons. The number of benzene rings is 1. The SMILES string of the molecule is O=C(OC1C2CC3C1OC(=O)C3C2C(=O)OCCS(=O)(=O)[O-])c1cc(Br)cc(Br)c1Br. The minimum Gasteiger partial charge on any atom is -0.748 e. The molecule has 3 aliphatic rings. The van der Waals surface area contributed by atoms with Gasteiger partial charge in [-0.15, -0.1) is 0 Å². The zero-order chi connectivity index (χ0) is 22.7. The van der Waals surface area contributed by atoms with Crippen molar-refractivity contribution in [2.24, 2.45) is 23.7 Å². The van der Waals surface area contributed by atoms with Crippen molar-refractivity contribution in [2.45, 2.75) is 18.6 Å². The van der Waals surface area contributed by atoms with Gasteiger partial charge in [0.25, 0.3) is 0 Å². The lowest BCUT2D eigenvalue weighted by Crippen LogP contribution is -2.44. The van der Waals surface area contributed by atoms with E-state index in [4.69, 9.17) is 14.2 Å². The molecule has 3 fully saturated rings. The number of halogens is 3. The molecule has 1 heterocycles. The number of fused-ring (bicyclic) bond motifs is 1. The van der Waals surface area contributed by atoms with Gasteiger partial charge in [0.05, 0.1) is 33.3 Å². The highest BCUT2D eigenvalue weighted by Gasteiger charge is 2.70. The Balaban J connectivity index is 1.53. The van der Waals surface area contributed by atoms with E-state index < -0.39 is 70.3 Å². The van der Waals surface area contributed by atoms with Crippen molar-refractivity contribution in [3.05, 3.63) is 31.1 Å². The topological polar surface area (TPSA) is 136 Å². The average Bonchev–Trinajstić information content (AvgIpc) is 3.27. The van der Waals surface area contributed by atoms with E-state index in [-0.39, 0.29) is 11.5 Å². The normalized spacial score (nSPS) is 30.9. The molecule has 0 spiro atoms. The Morgan fingerprint density at radius 3 is 2.58 bits per heavy atom. The Morgan fingerprint density at radius 2 is 1.90 bits per heavy atom. The van der Waals surface area contributed by atoms with Gasteiger partial charge in [0, 0.05) is 25.3 Å². The minimum atomic E-state index is -4.54. The van der Waals surface area contributed by atoms with E-state index in [1.807, 2.05) is 0 Å². The van der Waals surface area contributed by atoms with Gasteiger partial charge in [-0.3, -0.25) is 9.59 Å². The van der Waals surface area contributed by atoms with Crippen LogP contribution in [0.4, 0.5) is 0 Å². The Bertz CT molecular complexity index is 1070. The summed E-state index contributed by atoms with van der Waals surface area (Å²) in [5, 5.41) is 0. The predicted octanol–water partition coefficient (Wildman–Crippen LogP) is 2.40. The summed E-state index contributed by atoms with van der Waals surface area (Å²) >= 11 is 9.98. The molecule has 0 N–H and O–H groups in total. The maximum atomic E-state index is 12.9. The Labute approximate surface area is 202 Å². The molecule has 1 aromatic rings. The third-order valence-electron chi connectivity index (χ3n) is 5.85. The fourth-order valence-electron chi connectivity index (χ4n) is 4.70. The molecule has 2 saturated carbocycles. The molecular weight excluding hydrogens is 632 g/mol. The summed E-state index contributed by atoms with van der Waals surface area (Å²) in [7, 11) is -4.54. The second-order valence-corrected chi connectivity index (χ2v) is 11.7. The van der Waals surface area contributed by atoms with Crippen LogP contribution in [0.15, 0.2) is 25.6 Å². The van der Waals surface area contributed by atoms with E-state index in [9.17, 15) is 27.4 Å². The first-order valence-electron chi connectivity index (χ1n) is 9.14. The third-order valence-corrected chi connectivity index (χ3v) is 8.99. The van der Waals surface area contributed by atoms with Gasteiger partial charge >= 0.3 is 17.9 Å². The van der Waals surface area contributed by atoms with Crippen LogP contribution in [0, 0.1) is 23.7 Å². The van der Waals surface area contributed by atoms with Crippen molar-refractivity contribution in [3.8, 4) is 0 Å². The van der Waals surface area contributed by atoms with Crippen LogP contribution in [0.1, 0.15) is 16.8 Å². The van der Waals surface area contributed by atoms with Gasteiger partial charge in [-0.1, -0.05) is 15.9 Å². The van der Waals surface area contributed by atoms with Crippen LogP contribution in [-0.4, -0.2) is 55.4 Å². The molecule has 2 aliphatic carbocycles. The van der Waals surface area contributed by atoms with E-state index in [2.05, 4.69) is 47.8 Å². The molecule has 0 radical (unpaired) electrons. The summed E-state index contributed by atoms with van der Waals surface area (Å²) in [6.45, 7) is -0.604. The quantitative estimate of drug-likeness (QED) is 0.198. The zero-order valence-electron chi connectivity index (χ0n) is 15.5. The van der Waals surface area contributed by atoms with Crippen molar-refractivity contribution in [1.82, 2.24) is 0 Å². The molecule has 0 aromatic heterocycles. The predicted molar refractivity (Wildman–Crippen MR) is 113 cm³/mol. The monoisotopic (exact) mass is 643 g/mol. The lowest BCUT2D eigenvalue weighted by Gasteiger charge is -2.30. The van der Waals surface area contributed by atoms with E-state index in [1.165, 1.54) is 0 Å². The Kier molecular flexibility index (Phi) is 6.27. The van der Waals surface area contributed by atoms with Crippen molar-refractivity contribution in [3.63, 3.8) is 0 Å². The molecular formula is C18H14Br3O9S-. The molecule has 2 bridgehead atoms. The smallest absolute Gasteiger partial charge is 0.339 e. The van der Waals surface area contributed by atoms with Gasteiger partial charge < -0.3 is 18.8 Å². The minimum absolute atomic E-state index is 0.240. The first-order valence-corrected chi connectivity index (χ1v) is 13.1. The Morgan fingerprint density at radius 1 is 1.19 bits per heavy atom. The lowest BCUT2D eigenvalue weighted by atomic mass is 9.78. The number of hydrogen-bond donors (Lipinski definition) is 0. The van der Waals surface area contributed by atoms with E-state index >= 15 is 0 Å². The molecule has 1 saturated heterocycles. The van der Waals surface area contributed by atoms with E-state index in [0.717, 1.165) is 0 Å². The molecule has 6 unspecified atom stereocenters. The molecule has 6 atom stereocenters. The van der Waals surface area contributed by atoms with Gasteiger partial charge in [-0.2, -0.15) is 0 Å². The zero-order valence-corrected chi connectivity index (χ0v) is 21.0. The van der Waals surface area contributed by atoms with Crippen LogP contribution >= 0.6 is 47.8 Å². The molecule has 0 amide bonds. The fraction of sp³-hybridized carbons (Fsp3) is 0.500. The molecule has 9 nitrogen and oxygen atoms in total. The third kappa shape index (κ3) is 4.31. The number of ether oxygens (including phenoxy) is 3. The second kappa shape index (κ2) is 8.40. The van der Waals surface area contributed by atoms with Gasteiger partial charge in [0.1, 0.15) is 18.8 Å². The molecule has 1 aliphatic heterocycles. The maximum absolute atomic E-state index is 12.9. The summed E-state index contributed by atoms with van der Waals surface area (Å²) in [5.74, 6) is -5.35. The number of rotatable bonds is 6. The van der Waals surface area contributed by atoms with E-state index in [0.29, 0.717) is 19.8 Å². The maximum Gasteiger partial charge on any atom is 0.339 e. The summed E-state index contributed by atoms with van der Waals surface area (Å²) in [6, 6.07) is 3.32. The number of hydrogen-bond acceptors (Lipinski definition) is 9. The molecule has 4 rings (SSSR count). The summed E-state index contributed by atoms with van der Waals surface area (Å²) in [6.07, 6.45) is -1.06. The van der Waals surface area contributed by atoms with E-state index in [1.54, 1.807) is 12.1 Å². The number of esters is 3. The Hall–Kier alpha value is -1.02. The molecule has 31 heavy (non-hydrogen) atoms. The molecule has 13 heteroatoms. The van der Waals surface area contributed by atoms with Gasteiger partial charge in [0.15, 0.2) is 0 Å². The van der Waals surface area contributed by atoms with Gasteiger partial charge in [0.2, 0.25) is 0 Å². The highest BCUT2D eigenvalue weighted by molar-refractivity contribution is 9.13. The van der Waals surface area contributed by atoms with Crippen molar-refractivity contribution in [1.29, 1.82) is 0 Å². The number of carbonyl (C=O) groups is 3. The van der Waals surface area contributed by atoms with Crippen LogP contribution < -0.4 is 0 Å². The van der Waals surface area contributed by atoms with Crippen LogP contribution in [0.3, 0.4) is 0 Å². The summed E-state index contributed by atoms with van der Waals surface area (Å²) in [4.78, 5) is 37.8. The first-order chi connectivity index (χ1) is 14.5. The lowest BCUT2D eigenvalue weighted by molar-refractivity contribution is -0.155. The van der Waals surface area contributed by atoms with Crippen LogP contribution in [0.5, 0.6) is 0 Å². The van der Waals surface area contributed by atoms with Crippen LogP contribution in [-0.2, 0) is 33.9 Å². The first kappa shape index (κ1) is 23.1. The second-order valence-electron chi connectivity index (χ2n) is 7.56. The van der Waals surface area contributed by atoms with Crippen LogP contribution in [0.2, 0.25) is 0 Å². The fourth-order valence-corrected chi connectivity index (χ4v) is 6.60.